The highest BCUT2D eigenvalue weighted by Crippen LogP contribution is 2.27. The number of aryl methyl sites for hydroxylation is 1. The molecule has 1 heterocycles. The van der Waals surface area contributed by atoms with Gasteiger partial charge < -0.3 is 14.4 Å². The average Bonchev–Trinajstić information content (AvgIpc) is 3.31. The van der Waals surface area contributed by atoms with Crippen LogP contribution in [0.25, 0.3) is 5.69 Å². The van der Waals surface area contributed by atoms with Crippen molar-refractivity contribution in [2.24, 2.45) is 0 Å². The number of ether oxygens (including phenoxy) is 2. The number of nitrogens with zero attached hydrogens (tertiary/aromatic N) is 4. The molecule has 0 bridgehead atoms. The minimum Gasteiger partial charge on any atom is -0.494 e. The molecular weight excluding hydrogens is 520 g/mol. The van der Waals surface area contributed by atoms with E-state index in [1.165, 1.54) is 11.8 Å². The molecule has 38 heavy (non-hydrogen) atoms. The molecule has 1 aromatic heterocycles. The van der Waals surface area contributed by atoms with Gasteiger partial charge in [0.2, 0.25) is 5.91 Å². The number of carbonyl (C=O) groups excluding carboxylic acids is 1. The van der Waals surface area contributed by atoms with Crippen LogP contribution < -0.4 is 14.4 Å². The van der Waals surface area contributed by atoms with E-state index in [4.69, 9.17) is 21.1 Å². The van der Waals surface area contributed by atoms with Crippen molar-refractivity contribution in [3.05, 3.63) is 89.2 Å². The molecule has 0 aliphatic rings. The van der Waals surface area contributed by atoms with E-state index < -0.39 is 0 Å². The Labute approximate surface area is 232 Å². The number of thioether (sulfide) groups is 1. The Morgan fingerprint density at radius 3 is 2.42 bits per heavy atom. The molecule has 3 aromatic carbocycles. The van der Waals surface area contributed by atoms with Crippen LogP contribution >= 0.6 is 23.4 Å². The van der Waals surface area contributed by atoms with E-state index in [0.29, 0.717) is 22.6 Å². The Hall–Kier alpha value is -3.49. The summed E-state index contributed by atoms with van der Waals surface area (Å²) >= 11 is 7.44. The summed E-state index contributed by atoms with van der Waals surface area (Å²) in [6.45, 7) is 8.68. The highest BCUT2D eigenvalue weighted by Gasteiger charge is 2.22. The van der Waals surface area contributed by atoms with Gasteiger partial charge in [0.25, 0.3) is 0 Å². The molecule has 0 saturated heterocycles. The summed E-state index contributed by atoms with van der Waals surface area (Å²) in [5, 5.41) is 10.1. The van der Waals surface area contributed by atoms with Gasteiger partial charge in [0.05, 0.1) is 12.4 Å². The van der Waals surface area contributed by atoms with Gasteiger partial charge in [-0.3, -0.25) is 9.36 Å². The molecule has 4 rings (SSSR count). The van der Waals surface area contributed by atoms with Crippen LogP contribution in [0.5, 0.6) is 11.5 Å². The van der Waals surface area contributed by atoms with E-state index in [0.717, 1.165) is 28.4 Å². The highest BCUT2D eigenvalue weighted by atomic mass is 35.5. The number of hydrogen-bond donors (Lipinski definition) is 0. The standard InChI is InChI=1S/C29H31ClN4O3S/c1-5-36-25-14-12-24(13-15-25)34-27(18-37-26-16-11-22(30)17-21(26)4)31-32-29(34)38-19-28(35)33(20(2)3)23-9-7-6-8-10-23/h6-17,20H,5,18-19H2,1-4H3. The minimum absolute atomic E-state index is 0.00738. The number of hydrogen-bond acceptors (Lipinski definition) is 6. The van der Waals surface area contributed by atoms with E-state index in [9.17, 15) is 4.79 Å². The van der Waals surface area contributed by atoms with Crippen molar-refractivity contribution in [3.63, 3.8) is 0 Å². The van der Waals surface area contributed by atoms with E-state index in [2.05, 4.69) is 10.2 Å². The highest BCUT2D eigenvalue weighted by molar-refractivity contribution is 7.99. The molecule has 198 valence electrons. The lowest BCUT2D eigenvalue weighted by Crippen LogP contribution is -2.38. The van der Waals surface area contributed by atoms with Gasteiger partial charge in [0.15, 0.2) is 11.0 Å². The predicted molar refractivity (Wildman–Crippen MR) is 153 cm³/mol. The maximum atomic E-state index is 13.3. The van der Waals surface area contributed by atoms with Crippen LogP contribution in [-0.4, -0.2) is 39.1 Å². The van der Waals surface area contributed by atoms with Crippen LogP contribution in [0.3, 0.4) is 0 Å². The predicted octanol–water partition coefficient (Wildman–Crippen LogP) is 6.74. The summed E-state index contributed by atoms with van der Waals surface area (Å²) in [5.74, 6) is 2.31. The number of benzene rings is 3. The van der Waals surface area contributed by atoms with Gasteiger partial charge in [-0.1, -0.05) is 41.6 Å². The third-order valence-corrected chi connectivity index (χ3v) is 6.89. The van der Waals surface area contributed by atoms with Crippen molar-refractivity contribution in [2.75, 3.05) is 17.3 Å². The Balaban J connectivity index is 1.59. The van der Waals surface area contributed by atoms with Gasteiger partial charge in [-0.05, 0) is 87.9 Å². The molecule has 0 saturated carbocycles. The lowest BCUT2D eigenvalue weighted by Gasteiger charge is -2.26. The molecule has 0 spiro atoms. The third-order valence-electron chi connectivity index (χ3n) is 5.74. The van der Waals surface area contributed by atoms with Gasteiger partial charge in [-0.2, -0.15) is 0 Å². The second kappa shape index (κ2) is 12.8. The molecule has 0 unspecified atom stereocenters. The van der Waals surface area contributed by atoms with Crippen molar-refractivity contribution < 1.29 is 14.3 Å². The number of rotatable bonds is 11. The fourth-order valence-electron chi connectivity index (χ4n) is 4.04. The van der Waals surface area contributed by atoms with Crippen molar-refractivity contribution >= 4 is 35.0 Å². The Kier molecular flexibility index (Phi) is 9.31. The van der Waals surface area contributed by atoms with Crippen LogP contribution in [0.4, 0.5) is 5.69 Å². The topological polar surface area (TPSA) is 69.5 Å². The van der Waals surface area contributed by atoms with Crippen LogP contribution in [0.15, 0.2) is 78.0 Å². The van der Waals surface area contributed by atoms with Crippen molar-refractivity contribution in [2.45, 2.75) is 45.5 Å². The molecule has 0 radical (unpaired) electrons. The molecule has 7 nitrogen and oxygen atoms in total. The Morgan fingerprint density at radius 2 is 1.76 bits per heavy atom. The second-order valence-electron chi connectivity index (χ2n) is 8.84. The first kappa shape index (κ1) is 27.5. The SMILES string of the molecule is CCOc1ccc(-n2c(COc3ccc(Cl)cc3C)nnc2SCC(=O)N(c2ccccc2)C(C)C)cc1. The van der Waals surface area contributed by atoms with Gasteiger partial charge in [0.1, 0.15) is 18.1 Å². The first-order chi connectivity index (χ1) is 18.4. The minimum atomic E-state index is -0.00738. The fraction of sp³-hybridized carbons (Fsp3) is 0.276. The number of aromatic nitrogens is 3. The van der Waals surface area contributed by atoms with Crippen LogP contribution in [0.1, 0.15) is 32.2 Å². The molecule has 0 N–H and O–H groups in total. The zero-order chi connectivity index (χ0) is 27.1. The maximum Gasteiger partial charge on any atom is 0.237 e. The van der Waals surface area contributed by atoms with E-state index in [1.54, 1.807) is 11.0 Å². The zero-order valence-electron chi connectivity index (χ0n) is 21.9. The molecule has 9 heteroatoms. The quantitative estimate of drug-likeness (QED) is 0.193. The summed E-state index contributed by atoms with van der Waals surface area (Å²) in [6.07, 6.45) is 0. The normalized spacial score (nSPS) is 11.0. The van der Waals surface area contributed by atoms with Crippen molar-refractivity contribution in [1.82, 2.24) is 14.8 Å². The lowest BCUT2D eigenvalue weighted by molar-refractivity contribution is -0.116. The summed E-state index contributed by atoms with van der Waals surface area (Å²) in [5.41, 5.74) is 2.65. The van der Waals surface area contributed by atoms with Crippen LogP contribution in [0, 0.1) is 6.92 Å². The van der Waals surface area contributed by atoms with Gasteiger partial charge >= 0.3 is 0 Å². The number of halogens is 1. The van der Waals surface area contributed by atoms with E-state index in [1.807, 2.05) is 99.0 Å². The summed E-state index contributed by atoms with van der Waals surface area (Å²) in [7, 11) is 0. The fourth-order valence-corrected chi connectivity index (χ4v) is 5.09. The van der Waals surface area contributed by atoms with Crippen molar-refractivity contribution in [1.29, 1.82) is 0 Å². The molecule has 0 aliphatic carbocycles. The molecular formula is C29H31ClN4O3S. The first-order valence-electron chi connectivity index (χ1n) is 12.4. The Morgan fingerprint density at radius 1 is 1.03 bits per heavy atom. The van der Waals surface area contributed by atoms with E-state index in [-0.39, 0.29) is 24.3 Å². The number of amides is 1. The number of carbonyl (C=O) groups is 1. The average molecular weight is 551 g/mol. The maximum absolute atomic E-state index is 13.3. The summed E-state index contributed by atoms with van der Waals surface area (Å²) in [4.78, 5) is 15.1. The zero-order valence-corrected chi connectivity index (χ0v) is 23.5. The first-order valence-corrected chi connectivity index (χ1v) is 13.8. The molecule has 0 aliphatic heterocycles. The van der Waals surface area contributed by atoms with E-state index >= 15 is 0 Å². The lowest BCUT2D eigenvalue weighted by atomic mass is 10.2. The van der Waals surface area contributed by atoms with Crippen LogP contribution in [0.2, 0.25) is 5.02 Å². The molecule has 1 amide bonds. The van der Waals surface area contributed by atoms with Crippen LogP contribution in [-0.2, 0) is 11.4 Å². The largest absolute Gasteiger partial charge is 0.494 e. The Bertz CT molecular complexity index is 1360. The van der Waals surface area contributed by atoms with Gasteiger partial charge in [-0.15, -0.1) is 10.2 Å². The smallest absolute Gasteiger partial charge is 0.237 e. The number of anilines is 1. The molecule has 0 atom stereocenters. The summed E-state index contributed by atoms with van der Waals surface area (Å²) < 4.78 is 13.6. The monoisotopic (exact) mass is 550 g/mol. The number of para-hydroxylation sites is 1. The summed E-state index contributed by atoms with van der Waals surface area (Å²) in [6, 6.07) is 22.9. The van der Waals surface area contributed by atoms with Gasteiger partial charge in [0, 0.05) is 22.4 Å². The molecule has 0 fully saturated rings. The van der Waals surface area contributed by atoms with Gasteiger partial charge in [-0.25, -0.2) is 0 Å². The third kappa shape index (κ3) is 6.68. The molecule has 4 aromatic rings. The second-order valence-corrected chi connectivity index (χ2v) is 10.2. The van der Waals surface area contributed by atoms with Crippen molar-refractivity contribution in [3.8, 4) is 17.2 Å².